The largest absolute Gasteiger partial charge is 0.313 e. The Hall–Kier alpha value is -0.120. The van der Waals surface area contributed by atoms with Gasteiger partial charge in [-0.2, -0.15) is 0 Å². The van der Waals surface area contributed by atoms with Gasteiger partial charge in [0, 0.05) is 19.1 Å². The molecule has 1 fully saturated rings. The molecule has 0 aromatic carbocycles. The number of hydrogen-bond donors (Lipinski definition) is 1. The molecule has 1 unspecified atom stereocenters. The predicted molar refractivity (Wildman–Crippen MR) is 75.5 cm³/mol. The Bertz CT molecular complexity index is 186. The van der Waals surface area contributed by atoms with Gasteiger partial charge in [0.25, 0.3) is 0 Å². The minimum atomic E-state index is 0.744. The molecule has 3 nitrogen and oxygen atoms in total. The second kappa shape index (κ2) is 8.06. The topological polar surface area (TPSA) is 18.5 Å². The van der Waals surface area contributed by atoms with Crippen molar-refractivity contribution < 1.29 is 0 Å². The summed E-state index contributed by atoms with van der Waals surface area (Å²) >= 11 is 0. The molecule has 0 saturated carbocycles. The first-order valence-corrected chi connectivity index (χ1v) is 7.18. The molecular formula is C14H31N3. The van der Waals surface area contributed by atoms with Crippen molar-refractivity contribution in [2.24, 2.45) is 5.92 Å². The fraction of sp³-hybridized carbons (Fsp3) is 1.00. The second-order valence-corrected chi connectivity index (χ2v) is 6.10. The minimum absolute atomic E-state index is 0.744. The zero-order valence-electron chi connectivity index (χ0n) is 12.2. The van der Waals surface area contributed by atoms with Crippen LogP contribution >= 0.6 is 0 Å². The average molecular weight is 241 g/mol. The van der Waals surface area contributed by atoms with Crippen LogP contribution < -0.4 is 5.32 Å². The molecule has 0 spiro atoms. The molecule has 0 bridgehead atoms. The standard InChI is InChI=1S/C14H31N3/c1-13(2)11-17(10-6-9-16(3)4)12-14-7-5-8-15-14/h13-15H,5-12H2,1-4H3. The molecule has 102 valence electrons. The number of hydrogen-bond acceptors (Lipinski definition) is 3. The molecule has 1 N–H and O–H groups in total. The third-order valence-electron chi connectivity index (χ3n) is 3.34. The van der Waals surface area contributed by atoms with Crippen molar-refractivity contribution in [2.75, 3.05) is 46.8 Å². The van der Waals surface area contributed by atoms with Gasteiger partial charge in [0.1, 0.15) is 0 Å². The summed E-state index contributed by atoms with van der Waals surface area (Å²) in [6.45, 7) is 10.8. The van der Waals surface area contributed by atoms with Gasteiger partial charge in [-0.3, -0.25) is 0 Å². The van der Waals surface area contributed by atoms with Crippen molar-refractivity contribution in [2.45, 2.75) is 39.2 Å². The Morgan fingerprint density at radius 3 is 2.53 bits per heavy atom. The van der Waals surface area contributed by atoms with Gasteiger partial charge in [-0.15, -0.1) is 0 Å². The van der Waals surface area contributed by atoms with Crippen LogP contribution in [0.25, 0.3) is 0 Å². The number of nitrogens with one attached hydrogen (secondary N) is 1. The van der Waals surface area contributed by atoms with E-state index in [2.05, 4.69) is 43.1 Å². The third kappa shape index (κ3) is 7.02. The molecule has 1 aliphatic heterocycles. The fourth-order valence-corrected chi connectivity index (χ4v) is 2.61. The average Bonchev–Trinajstić information content (AvgIpc) is 2.68. The van der Waals surface area contributed by atoms with E-state index in [1.807, 2.05) is 0 Å². The molecule has 0 aromatic rings. The van der Waals surface area contributed by atoms with Gasteiger partial charge in [-0.05, 0) is 58.9 Å². The van der Waals surface area contributed by atoms with E-state index in [1.54, 1.807) is 0 Å². The summed E-state index contributed by atoms with van der Waals surface area (Å²) in [5.41, 5.74) is 0. The van der Waals surface area contributed by atoms with E-state index >= 15 is 0 Å². The van der Waals surface area contributed by atoms with Crippen molar-refractivity contribution in [3.8, 4) is 0 Å². The maximum absolute atomic E-state index is 3.61. The number of nitrogens with zero attached hydrogens (tertiary/aromatic N) is 2. The van der Waals surface area contributed by atoms with Crippen molar-refractivity contribution in [1.82, 2.24) is 15.1 Å². The molecular weight excluding hydrogens is 210 g/mol. The third-order valence-corrected chi connectivity index (χ3v) is 3.34. The summed E-state index contributed by atoms with van der Waals surface area (Å²) in [7, 11) is 4.32. The minimum Gasteiger partial charge on any atom is -0.313 e. The summed E-state index contributed by atoms with van der Waals surface area (Å²) in [5.74, 6) is 0.774. The van der Waals surface area contributed by atoms with Gasteiger partial charge in [0.05, 0.1) is 0 Å². The lowest BCUT2D eigenvalue weighted by Crippen LogP contribution is -2.40. The Kier molecular flexibility index (Phi) is 7.09. The Labute approximate surface area is 108 Å². The molecule has 0 aliphatic carbocycles. The van der Waals surface area contributed by atoms with E-state index in [0.717, 1.165) is 12.0 Å². The quantitative estimate of drug-likeness (QED) is 0.697. The van der Waals surface area contributed by atoms with Crippen LogP contribution in [0.15, 0.2) is 0 Å². The highest BCUT2D eigenvalue weighted by atomic mass is 15.2. The Balaban J connectivity index is 2.25. The number of rotatable bonds is 8. The summed E-state index contributed by atoms with van der Waals surface area (Å²) in [5, 5.41) is 3.61. The van der Waals surface area contributed by atoms with E-state index < -0.39 is 0 Å². The highest BCUT2D eigenvalue weighted by molar-refractivity contribution is 4.78. The second-order valence-electron chi connectivity index (χ2n) is 6.10. The zero-order valence-corrected chi connectivity index (χ0v) is 12.2. The molecule has 0 aromatic heterocycles. The maximum atomic E-state index is 3.61. The first-order chi connectivity index (χ1) is 8.08. The van der Waals surface area contributed by atoms with Crippen molar-refractivity contribution in [3.05, 3.63) is 0 Å². The highest BCUT2D eigenvalue weighted by Gasteiger charge is 2.18. The van der Waals surface area contributed by atoms with E-state index in [9.17, 15) is 0 Å². The SMILES string of the molecule is CC(C)CN(CCCN(C)C)CC1CCCN1. The Morgan fingerprint density at radius 1 is 1.24 bits per heavy atom. The van der Waals surface area contributed by atoms with Crippen molar-refractivity contribution in [3.63, 3.8) is 0 Å². The van der Waals surface area contributed by atoms with Crippen LogP contribution in [0.2, 0.25) is 0 Å². The van der Waals surface area contributed by atoms with Crippen molar-refractivity contribution in [1.29, 1.82) is 0 Å². The summed E-state index contributed by atoms with van der Waals surface area (Å²) in [6, 6.07) is 0.744. The molecule has 1 heterocycles. The van der Waals surface area contributed by atoms with E-state index in [-0.39, 0.29) is 0 Å². The van der Waals surface area contributed by atoms with Gasteiger partial charge in [-0.25, -0.2) is 0 Å². The predicted octanol–water partition coefficient (Wildman–Crippen LogP) is 1.65. The Morgan fingerprint density at radius 2 is 2.00 bits per heavy atom. The fourth-order valence-electron chi connectivity index (χ4n) is 2.61. The van der Waals surface area contributed by atoms with E-state index in [4.69, 9.17) is 0 Å². The summed E-state index contributed by atoms with van der Waals surface area (Å²) in [6.07, 6.45) is 4.01. The lowest BCUT2D eigenvalue weighted by atomic mass is 10.1. The van der Waals surface area contributed by atoms with Gasteiger partial charge in [0.2, 0.25) is 0 Å². The normalized spacial score (nSPS) is 21.0. The van der Waals surface area contributed by atoms with Crippen LogP contribution in [-0.2, 0) is 0 Å². The van der Waals surface area contributed by atoms with Gasteiger partial charge in [0.15, 0.2) is 0 Å². The monoisotopic (exact) mass is 241 g/mol. The summed E-state index contributed by atoms with van der Waals surface area (Å²) < 4.78 is 0. The van der Waals surface area contributed by atoms with Gasteiger partial charge in [-0.1, -0.05) is 13.8 Å². The van der Waals surface area contributed by atoms with Crippen LogP contribution in [-0.4, -0.2) is 62.7 Å². The molecule has 17 heavy (non-hydrogen) atoms. The lowest BCUT2D eigenvalue weighted by molar-refractivity contribution is 0.213. The zero-order chi connectivity index (χ0) is 12.7. The molecule has 1 aliphatic rings. The van der Waals surface area contributed by atoms with Crippen LogP contribution in [0, 0.1) is 5.92 Å². The maximum Gasteiger partial charge on any atom is 0.0195 e. The molecule has 0 amide bonds. The first kappa shape index (κ1) is 14.9. The highest BCUT2D eigenvalue weighted by Crippen LogP contribution is 2.09. The van der Waals surface area contributed by atoms with Crippen LogP contribution in [0.1, 0.15) is 33.1 Å². The van der Waals surface area contributed by atoms with Crippen LogP contribution in [0.5, 0.6) is 0 Å². The molecule has 1 atom stereocenters. The van der Waals surface area contributed by atoms with Crippen LogP contribution in [0.4, 0.5) is 0 Å². The van der Waals surface area contributed by atoms with Gasteiger partial charge < -0.3 is 15.1 Å². The smallest absolute Gasteiger partial charge is 0.0195 e. The molecule has 3 heteroatoms. The molecule has 1 rings (SSSR count). The van der Waals surface area contributed by atoms with E-state index in [1.165, 1.54) is 52.0 Å². The first-order valence-electron chi connectivity index (χ1n) is 7.18. The lowest BCUT2D eigenvalue weighted by Gasteiger charge is -2.27. The van der Waals surface area contributed by atoms with E-state index in [0.29, 0.717) is 0 Å². The molecule has 0 radical (unpaired) electrons. The van der Waals surface area contributed by atoms with Crippen molar-refractivity contribution >= 4 is 0 Å². The molecule has 1 saturated heterocycles. The van der Waals surface area contributed by atoms with Gasteiger partial charge >= 0.3 is 0 Å². The summed E-state index contributed by atoms with van der Waals surface area (Å²) in [4.78, 5) is 4.93. The van der Waals surface area contributed by atoms with Crippen LogP contribution in [0.3, 0.4) is 0 Å².